The van der Waals surface area contributed by atoms with Gasteiger partial charge in [-0.3, -0.25) is 0 Å². The van der Waals surface area contributed by atoms with Crippen molar-refractivity contribution in [3.63, 3.8) is 0 Å². The zero-order valence-electron chi connectivity index (χ0n) is 12.0. The first kappa shape index (κ1) is 15.2. The van der Waals surface area contributed by atoms with Crippen LogP contribution in [0.25, 0.3) is 0 Å². The SMILES string of the molecule is CC1CCCCN1CCCNS(=O)(=O)N1CCCC1. The molecule has 2 fully saturated rings. The maximum Gasteiger partial charge on any atom is 0.279 e. The van der Waals surface area contributed by atoms with E-state index in [2.05, 4.69) is 16.5 Å². The normalized spacial score (nSPS) is 26.9. The molecule has 2 rings (SSSR count). The van der Waals surface area contributed by atoms with Gasteiger partial charge in [0.2, 0.25) is 0 Å². The molecule has 2 aliphatic rings. The van der Waals surface area contributed by atoms with Crippen molar-refractivity contribution >= 4 is 10.2 Å². The predicted molar refractivity (Wildman–Crippen MR) is 77.2 cm³/mol. The average Bonchev–Trinajstić information content (AvgIpc) is 2.91. The monoisotopic (exact) mass is 289 g/mol. The first-order valence-corrected chi connectivity index (χ1v) is 9.02. The van der Waals surface area contributed by atoms with Crippen LogP contribution in [0.4, 0.5) is 0 Å². The van der Waals surface area contributed by atoms with Crippen LogP contribution in [0.2, 0.25) is 0 Å². The van der Waals surface area contributed by atoms with Crippen LogP contribution in [0.3, 0.4) is 0 Å². The van der Waals surface area contributed by atoms with Gasteiger partial charge in [-0.25, -0.2) is 4.72 Å². The van der Waals surface area contributed by atoms with Crippen molar-refractivity contribution in [3.8, 4) is 0 Å². The lowest BCUT2D eigenvalue weighted by molar-refractivity contribution is 0.159. The lowest BCUT2D eigenvalue weighted by atomic mass is 10.0. The Labute approximate surface area is 117 Å². The van der Waals surface area contributed by atoms with E-state index in [0.29, 0.717) is 25.7 Å². The molecule has 0 spiro atoms. The summed E-state index contributed by atoms with van der Waals surface area (Å²) in [6.45, 7) is 6.36. The molecule has 0 aromatic rings. The number of hydrogen-bond donors (Lipinski definition) is 1. The standard InChI is InChI=1S/C13H27N3O2S/c1-13-7-2-3-9-15(13)10-6-8-14-19(17,18)16-11-4-5-12-16/h13-14H,2-12H2,1H3. The van der Waals surface area contributed by atoms with Crippen LogP contribution in [-0.4, -0.2) is 56.4 Å². The Morgan fingerprint density at radius 2 is 1.79 bits per heavy atom. The molecule has 0 aliphatic carbocycles. The number of likely N-dealkylation sites (tertiary alicyclic amines) is 1. The summed E-state index contributed by atoms with van der Waals surface area (Å²) in [6, 6.07) is 0.656. The molecule has 0 aromatic carbocycles. The van der Waals surface area contributed by atoms with Gasteiger partial charge in [0.15, 0.2) is 0 Å². The smallest absolute Gasteiger partial charge is 0.279 e. The Morgan fingerprint density at radius 3 is 2.47 bits per heavy atom. The summed E-state index contributed by atoms with van der Waals surface area (Å²) in [6.07, 6.45) is 6.78. The van der Waals surface area contributed by atoms with Gasteiger partial charge in [-0.15, -0.1) is 0 Å². The van der Waals surface area contributed by atoms with Gasteiger partial charge in [0.25, 0.3) is 10.2 Å². The van der Waals surface area contributed by atoms with Crippen LogP contribution in [0.5, 0.6) is 0 Å². The molecule has 112 valence electrons. The molecule has 19 heavy (non-hydrogen) atoms. The van der Waals surface area contributed by atoms with Crippen LogP contribution in [0, 0.1) is 0 Å². The van der Waals surface area contributed by atoms with Gasteiger partial charge in [0.05, 0.1) is 0 Å². The van der Waals surface area contributed by atoms with Gasteiger partial charge in [-0.05, 0) is 52.1 Å². The van der Waals surface area contributed by atoms with E-state index in [1.54, 1.807) is 4.31 Å². The van der Waals surface area contributed by atoms with Gasteiger partial charge in [0.1, 0.15) is 0 Å². The van der Waals surface area contributed by atoms with Gasteiger partial charge >= 0.3 is 0 Å². The van der Waals surface area contributed by atoms with Crippen molar-refractivity contribution in [2.75, 3.05) is 32.7 Å². The molecule has 1 N–H and O–H groups in total. The largest absolute Gasteiger partial charge is 0.301 e. The molecule has 1 atom stereocenters. The summed E-state index contributed by atoms with van der Waals surface area (Å²) < 4.78 is 28.2. The van der Waals surface area contributed by atoms with E-state index in [0.717, 1.165) is 25.8 Å². The minimum absolute atomic E-state index is 0.558. The highest BCUT2D eigenvalue weighted by Crippen LogP contribution is 2.16. The molecule has 5 nitrogen and oxygen atoms in total. The van der Waals surface area contributed by atoms with E-state index < -0.39 is 10.2 Å². The number of piperidine rings is 1. The fourth-order valence-electron chi connectivity index (χ4n) is 2.99. The van der Waals surface area contributed by atoms with Crippen LogP contribution in [-0.2, 0) is 10.2 Å². The van der Waals surface area contributed by atoms with Crippen molar-refractivity contribution in [2.45, 2.75) is 51.5 Å². The third kappa shape index (κ3) is 4.41. The highest BCUT2D eigenvalue weighted by molar-refractivity contribution is 7.87. The van der Waals surface area contributed by atoms with Gasteiger partial charge < -0.3 is 4.90 Å². The lowest BCUT2D eigenvalue weighted by Crippen LogP contribution is -2.41. The third-order valence-corrected chi connectivity index (χ3v) is 5.87. The maximum atomic E-state index is 11.9. The van der Waals surface area contributed by atoms with Gasteiger partial charge in [-0.2, -0.15) is 12.7 Å². The second-order valence-electron chi connectivity index (χ2n) is 5.74. The van der Waals surface area contributed by atoms with Crippen LogP contribution in [0.1, 0.15) is 45.4 Å². The van der Waals surface area contributed by atoms with Crippen LogP contribution in [0.15, 0.2) is 0 Å². The van der Waals surface area contributed by atoms with E-state index in [4.69, 9.17) is 0 Å². The van der Waals surface area contributed by atoms with Gasteiger partial charge in [-0.1, -0.05) is 6.42 Å². The highest BCUT2D eigenvalue weighted by atomic mass is 32.2. The molecule has 0 saturated carbocycles. The molecule has 2 heterocycles. The molecule has 0 aromatic heterocycles. The topological polar surface area (TPSA) is 52.7 Å². The molecular weight excluding hydrogens is 262 g/mol. The maximum absolute atomic E-state index is 11.9. The molecule has 2 saturated heterocycles. The van der Waals surface area contributed by atoms with E-state index in [1.807, 2.05) is 0 Å². The van der Waals surface area contributed by atoms with E-state index in [1.165, 1.54) is 25.8 Å². The average molecular weight is 289 g/mol. The Kier molecular flexibility index (Phi) is 5.62. The molecule has 1 unspecified atom stereocenters. The van der Waals surface area contributed by atoms with Crippen LogP contribution >= 0.6 is 0 Å². The minimum atomic E-state index is -3.21. The van der Waals surface area contributed by atoms with Crippen molar-refractivity contribution in [1.82, 2.24) is 13.9 Å². The lowest BCUT2D eigenvalue weighted by Gasteiger charge is -2.33. The molecule has 0 bridgehead atoms. The molecule has 2 aliphatic heterocycles. The second kappa shape index (κ2) is 7.02. The first-order chi connectivity index (χ1) is 9.09. The Morgan fingerprint density at radius 1 is 1.11 bits per heavy atom. The van der Waals surface area contributed by atoms with Crippen molar-refractivity contribution in [3.05, 3.63) is 0 Å². The quantitative estimate of drug-likeness (QED) is 0.747. The summed E-state index contributed by atoms with van der Waals surface area (Å²) in [7, 11) is -3.21. The Bertz CT molecular complexity index is 366. The van der Waals surface area contributed by atoms with Crippen molar-refractivity contribution in [1.29, 1.82) is 0 Å². The third-order valence-electron chi connectivity index (χ3n) is 4.25. The fraction of sp³-hybridized carbons (Fsp3) is 1.00. The number of rotatable bonds is 6. The first-order valence-electron chi connectivity index (χ1n) is 7.58. The number of hydrogen-bond acceptors (Lipinski definition) is 3. The molecule has 0 radical (unpaired) electrons. The van der Waals surface area contributed by atoms with Crippen LogP contribution < -0.4 is 4.72 Å². The van der Waals surface area contributed by atoms with Crippen molar-refractivity contribution in [2.24, 2.45) is 0 Å². The summed E-state index contributed by atoms with van der Waals surface area (Å²) in [4.78, 5) is 2.48. The second-order valence-corrected chi connectivity index (χ2v) is 7.50. The molecule has 6 heteroatoms. The van der Waals surface area contributed by atoms with E-state index in [9.17, 15) is 8.42 Å². The van der Waals surface area contributed by atoms with E-state index >= 15 is 0 Å². The number of nitrogens with one attached hydrogen (secondary N) is 1. The number of nitrogens with zero attached hydrogens (tertiary/aromatic N) is 2. The minimum Gasteiger partial charge on any atom is -0.301 e. The van der Waals surface area contributed by atoms with Gasteiger partial charge in [0, 0.05) is 25.7 Å². The van der Waals surface area contributed by atoms with Crippen molar-refractivity contribution < 1.29 is 8.42 Å². The zero-order valence-corrected chi connectivity index (χ0v) is 12.8. The van der Waals surface area contributed by atoms with E-state index in [-0.39, 0.29) is 0 Å². The fourth-order valence-corrected chi connectivity index (χ4v) is 4.32. The highest BCUT2D eigenvalue weighted by Gasteiger charge is 2.24. The zero-order chi connectivity index (χ0) is 13.7. The molecular formula is C13H27N3O2S. The summed E-state index contributed by atoms with van der Waals surface area (Å²) >= 11 is 0. The predicted octanol–water partition coefficient (Wildman–Crippen LogP) is 1.18. The summed E-state index contributed by atoms with van der Waals surface area (Å²) in [5.41, 5.74) is 0. The Hall–Kier alpha value is -0.170. The molecule has 0 amide bonds. The summed E-state index contributed by atoms with van der Waals surface area (Å²) in [5.74, 6) is 0. The summed E-state index contributed by atoms with van der Waals surface area (Å²) in [5, 5.41) is 0. The Balaban J connectivity index is 1.65.